The molecule has 1 heterocycles. The first-order valence-electron chi connectivity index (χ1n) is 6.37. The Kier molecular flexibility index (Phi) is 3.39. The molecule has 2 aromatic rings. The lowest BCUT2D eigenvalue weighted by Crippen LogP contribution is -2.05. The van der Waals surface area contributed by atoms with Crippen LogP contribution in [0.15, 0.2) is 28.7 Å². The summed E-state index contributed by atoms with van der Waals surface area (Å²) in [6.07, 6.45) is -2.26. The Balaban J connectivity index is 2.00. The van der Waals surface area contributed by atoms with Crippen LogP contribution in [0, 0.1) is 0 Å². The second-order valence-corrected chi connectivity index (χ2v) is 5.77. The smallest absolute Gasteiger partial charge is 0.383 e. The maximum Gasteiger partial charge on any atom is 0.416 e. The molecule has 0 atom stereocenters. The predicted molar refractivity (Wildman–Crippen MR) is 76.6 cm³/mol. The van der Waals surface area contributed by atoms with E-state index in [9.17, 15) is 13.2 Å². The number of nitrogens with zero attached hydrogens (tertiary/aromatic N) is 2. The maximum absolute atomic E-state index is 12.6. The Morgan fingerprint density at radius 1 is 1.10 bits per heavy atom. The number of nitrogens with two attached hydrogens (primary N) is 1. The Morgan fingerprint density at radius 3 is 2.24 bits per heavy atom. The van der Waals surface area contributed by atoms with Gasteiger partial charge in [-0.05, 0) is 40.9 Å². The third-order valence-corrected chi connectivity index (χ3v) is 4.15. The lowest BCUT2D eigenvalue weighted by Gasteiger charge is -2.10. The van der Waals surface area contributed by atoms with Gasteiger partial charge in [0.1, 0.15) is 5.82 Å². The van der Waals surface area contributed by atoms with Gasteiger partial charge in [-0.2, -0.15) is 13.2 Å². The van der Waals surface area contributed by atoms with Crippen LogP contribution in [-0.2, 0) is 6.18 Å². The van der Waals surface area contributed by atoms with Gasteiger partial charge in [-0.1, -0.05) is 12.1 Å². The van der Waals surface area contributed by atoms with E-state index in [4.69, 9.17) is 5.73 Å². The van der Waals surface area contributed by atoms with Crippen LogP contribution < -0.4 is 5.73 Å². The number of rotatable bonds is 2. The molecule has 1 fully saturated rings. The highest BCUT2D eigenvalue weighted by Crippen LogP contribution is 2.44. The molecule has 7 heteroatoms. The van der Waals surface area contributed by atoms with Crippen molar-refractivity contribution in [2.45, 2.75) is 24.9 Å². The van der Waals surface area contributed by atoms with Gasteiger partial charge in [0.25, 0.3) is 0 Å². The molecule has 1 aliphatic carbocycles. The quantitative estimate of drug-likeness (QED) is 0.867. The number of hydrogen-bond donors (Lipinski definition) is 1. The fourth-order valence-corrected chi connectivity index (χ4v) is 2.55. The molecule has 1 saturated carbocycles. The van der Waals surface area contributed by atoms with Crippen molar-refractivity contribution in [3.05, 3.63) is 40.0 Å². The normalized spacial score (nSPS) is 15.2. The van der Waals surface area contributed by atoms with E-state index in [1.165, 1.54) is 12.1 Å². The summed E-state index contributed by atoms with van der Waals surface area (Å²) in [5, 5.41) is 0. The zero-order chi connectivity index (χ0) is 15.2. The summed E-state index contributed by atoms with van der Waals surface area (Å²) >= 11 is 3.37. The van der Waals surface area contributed by atoms with Crippen LogP contribution in [-0.4, -0.2) is 9.97 Å². The second kappa shape index (κ2) is 4.98. The summed E-state index contributed by atoms with van der Waals surface area (Å²) in [4.78, 5) is 8.58. The van der Waals surface area contributed by atoms with Crippen LogP contribution in [0.4, 0.5) is 19.0 Å². The Labute approximate surface area is 127 Å². The van der Waals surface area contributed by atoms with E-state index < -0.39 is 11.7 Å². The van der Waals surface area contributed by atoms with Crippen LogP contribution in [0.1, 0.15) is 30.0 Å². The lowest BCUT2D eigenvalue weighted by molar-refractivity contribution is -0.137. The van der Waals surface area contributed by atoms with Crippen LogP contribution in [0.3, 0.4) is 0 Å². The lowest BCUT2D eigenvalue weighted by atomic mass is 10.1. The van der Waals surface area contributed by atoms with E-state index in [1.807, 2.05) is 0 Å². The largest absolute Gasteiger partial charge is 0.416 e. The van der Waals surface area contributed by atoms with Gasteiger partial charge in [0, 0.05) is 11.5 Å². The molecule has 0 bridgehead atoms. The van der Waals surface area contributed by atoms with Crippen LogP contribution in [0.2, 0.25) is 0 Å². The van der Waals surface area contributed by atoms with E-state index in [0.717, 1.165) is 30.7 Å². The van der Waals surface area contributed by atoms with Gasteiger partial charge < -0.3 is 5.73 Å². The van der Waals surface area contributed by atoms with Crippen molar-refractivity contribution in [1.29, 1.82) is 0 Å². The Bertz CT molecular complexity index is 679. The molecule has 1 aromatic carbocycles. The van der Waals surface area contributed by atoms with Gasteiger partial charge >= 0.3 is 6.18 Å². The molecule has 1 aliphatic rings. The third-order valence-electron chi connectivity index (χ3n) is 3.34. The molecule has 0 spiro atoms. The minimum Gasteiger partial charge on any atom is -0.383 e. The highest BCUT2D eigenvalue weighted by Gasteiger charge is 2.31. The molecular formula is C14H11BrF3N3. The molecule has 2 N–H and O–H groups in total. The van der Waals surface area contributed by atoms with E-state index in [-0.39, 0.29) is 0 Å². The van der Waals surface area contributed by atoms with Gasteiger partial charge in [0.2, 0.25) is 0 Å². The number of alkyl halides is 3. The summed E-state index contributed by atoms with van der Waals surface area (Å²) in [5.74, 6) is 1.02. The molecule has 0 amide bonds. The molecule has 110 valence electrons. The zero-order valence-corrected chi connectivity index (χ0v) is 12.4. The highest BCUT2D eigenvalue weighted by molar-refractivity contribution is 9.10. The Hall–Kier alpha value is -1.63. The fourth-order valence-electron chi connectivity index (χ4n) is 2.05. The fraction of sp³-hybridized carbons (Fsp3) is 0.286. The minimum atomic E-state index is -4.35. The predicted octanol–water partition coefficient (Wildman–Crippen LogP) is 4.38. The van der Waals surface area contributed by atoms with Crippen molar-refractivity contribution in [2.75, 3.05) is 5.73 Å². The van der Waals surface area contributed by atoms with Crippen molar-refractivity contribution in [2.24, 2.45) is 0 Å². The monoisotopic (exact) mass is 357 g/mol. The second-order valence-electron chi connectivity index (χ2n) is 4.98. The average Bonchev–Trinajstić information content (AvgIpc) is 3.25. The first kappa shape index (κ1) is 14.3. The minimum absolute atomic E-state index is 0.307. The van der Waals surface area contributed by atoms with Crippen molar-refractivity contribution in [1.82, 2.24) is 9.97 Å². The van der Waals surface area contributed by atoms with E-state index in [0.29, 0.717) is 27.6 Å². The van der Waals surface area contributed by atoms with Crippen molar-refractivity contribution >= 4 is 21.7 Å². The summed E-state index contributed by atoms with van der Waals surface area (Å²) < 4.78 is 38.4. The van der Waals surface area contributed by atoms with Gasteiger partial charge in [0.15, 0.2) is 5.82 Å². The topological polar surface area (TPSA) is 51.8 Å². The van der Waals surface area contributed by atoms with Crippen molar-refractivity contribution in [3.8, 4) is 11.4 Å². The number of aromatic nitrogens is 2. The van der Waals surface area contributed by atoms with Crippen LogP contribution >= 0.6 is 15.9 Å². The van der Waals surface area contributed by atoms with Crippen LogP contribution in [0.25, 0.3) is 11.4 Å². The van der Waals surface area contributed by atoms with Crippen molar-refractivity contribution in [3.63, 3.8) is 0 Å². The van der Waals surface area contributed by atoms with Gasteiger partial charge in [-0.3, -0.25) is 0 Å². The van der Waals surface area contributed by atoms with Gasteiger partial charge in [-0.25, -0.2) is 9.97 Å². The molecule has 3 rings (SSSR count). The Morgan fingerprint density at radius 2 is 1.71 bits per heavy atom. The van der Waals surface area contributed by atoms with E-state index in [1.54, 1.807) is 0 Å². The average molecular weight is 358 g/mol. The molecule has 1 aromatic heterocycles. The molecule has 0 aliphatic heterocycles. The van der Waals surface area contributed by atoms with E-state index in [2.05, 4.69) is 25.9 Å². The SMILES string of the molecule is Nc1nc(-c2ccc(C(F)(F)F)cc2)nc(C2CC2)c1Br. The highest BCUT2D eigenvalue weighted by atomic mass is 79.9. The zero-order valence-electron chi connectivity index (χ0n) is 10.8. The number of halogens is 4. The van der Waals surface area contributed by atoms with Gasteiger partial charge in [-0.15, -0.1) is 0 Å². The standard InChI is InChI=1S/C14H11BrF3N3/c15-10-11(7-1-2-7)20-13(21-12(10)19)8-3-5-9(6-4-8)14(16,17)18/h3-7H,1-2H2,(H2,19,20,21). The molecule has 21 heavy (non-hydrogen) atoms. The van der Waals surface area contributed by atoms with Crippen molar-refractivity contribution < 1.29 is 13.2 Å². The molecular weight excluding hydrogens is 347 g/mol. The first-order chi connectivity index (χ1) is 9.86. The molecule has 3 nitrogen and oxygen atoms in total. The summed E-state index contributed by atoms with van der Waals surface area (Å²) in [7, 11) is 0. The third kappa shape index (κ3) is 2.88. The number of hydrogen-bond acceptors (Lipinski definition) is 3. The summed E-state index contributed by atoms with van der Waals surface area (Å²) in [6.45, 7) is 0. The van der Waals surface area contributed by atoms with Gasteiger partial charge in [0.05, 0.1) is 15.7 Å². The first-order valence-corrected chi connectivity index (χ1v) is 7.16. The molecule has 0 saturated heterocycles. The number of nitrogen functional groups attached to an aromatic ring is 1. The molecule has 0 unspecified atom stereocenters. The van der Waals surface area contributed by atoms with Crippen LogP contribution in [0.5, 0.6) is 0 Å². The summed E-state index contributed by atoms with van der Waals surface area (Å²) in [6, 6.07) is 4.77. The number of benzene rings is 1. The van der Waals surface area contributed by atoms with E-state index >= 15 is 0 Å². The summed E-state index contributed by atoms with van der Waals surface area (Å²) in [5.41, 5.74) is 6.50. The maximum atomic E-state index is 12.6. The number of anilines is 1. The molecule has 0 radical (unpaired) electrons.